The van der Waals surface area contributed by atoms with Crippen LogP contribution in [0.25, 0.3) is 22.2 Å². The Morgan fingerprint density at radius 3 is 2.55 bits per heavy atom. The molecule has 0 spiro atoms. The molecule has 158 valence electrons. The van der Waals surface area contributed by atoms with E-state index in [9.17, 15) is 18.0 Å². The van der Waals surface area contributed by atoms with Crippen molar-refractivity contribution in [1.82, 2.24) is 4.98 Å². The van der Waals surface area contributed by atoms with Crippen molar-refractivity contribution in [3.05, 3.63) is 68.8 Å². The molecule has 11 heteroatoms. The summed E-state index contributed by atoms with van der Waals surface area (Å²) in [4.78, 5) is 30.5. The summed E-state index contributed by atoms with van der Waals surface area (Å²) in [6.07, 6.45) is 0. The molecule has 0 atom stereocenters. The molecule has 0 radical (unpaired) electrons. The molecule has 4 rings (SSSR count). The summed E-state index contributed by atoms with van der Waals surface area (Å²) in [6, 6.07) is 12.6. The van der Waals surface area contributed by atoms with Crippen LogP contribution < -0.4 is 15.7 Å². The number of benzene rings is 2. The first-order valence-electron chi connectivity index (χ1n) is 8.77. The van der Waals surface area contributed by atoms with Gasteiger partial charge in [-0.15, -0.1) is 11.3 Å². The number of carbonyl (C=O) groups excluding carboxylic acids is 1. The predicted octanol–water partition coefficient (Wildman–Crippen LogP) is 4.01. The highest BCUT2D eigenvalue weighted by atomic mass is 79.9. The van der Waals surface area contributed by atoms with Crippen LogP contribution in [0.5, 0.6) is 0 Å². The molecule has 0 aliphatic rings. The highest BCUT2D eigenvalue weighted by Crippen LogP contribution is 2.33. The molecule has 0 fully saturated rings. The monoisotopic (exact) mass is 519 g/mol. The number of nitrogens with two attached hydrogens (primary N) is 1. The zero-order chi connectivity index (χ0) is 22.3. The number of thiazole rings is 1. The van der Waals surface area contributed by atoms with E-state index >= 15 is 0 Å². The Kier molecular flexibility index (Phi) is 5.52. The number of fused-ring (bicyclic) bond motifs is 1. The summed E-state index contributed by atoms with van der Waals surface area (Å²) in [5.74, 6) is -0.335. The summed E-state index contributed by atoms with van der Waals surface area (Å²) >= 11 is 4.52. The SMILES string of the molecule is CC(=O)N(c1ccc(S(N)(=O)=O)cc1)c1nc(-c2cc3cccc(Br)c3oc2=O)cs1. The molecule has 2 N–H and O–H groups in total. The number of halogens is 1. The number of primary sulfonamides is 1. The zero-order valence-corrected chi connectivity index (χ0v) is 19.1. The quantitative estimate of drug-likeness (QED) is 0.406. The van der Waals surface area contributed by atoms with Crippen molar-refractivity contribution in [3.63, 3.8) is 0 Å². The van der Waals surface area contributed by atoms with Crippen molar-refractivity contribution in [2.24, 2.45) is 5.14 Å². The molecule has 2 aromatic heterocycles. The lowest BCUT2D eigenvalue weighted by atomic mass is 10.1. The second-order valence-electron chi connectivity index (χ2n) is 6.51. The molecule has 8 nitrogen and oxygen atoms in total. The van der Waals surface area contributed by atoms with Gasteiger partial charge in [0.25, 0.3) is 0 Å². The van der Waals surface area contributed by atoms with Crippen LogP contribution in [0.2, 0.25) is 0 Å². The molecule has 0 saturated carbocycles. The summed E-state index contributed by atoms with van der Waals surface area (Å²) in [5, 5.41) is 7.82. The van der Waals surface area contributed by atoms with Crippen molar-refractivity contribution in [2.45, 2.75) is 11.8 Å². The number of carbonyl (C=O) groups is 1. The predicted molar refractivity (Wildman–Crippen MR) is 122 cm³/mol. The fourth-order valence-electron chi connectivity index (χ4n) is 2.99. The number of amides is 1. The normalized spacial score (nSPS) is 11.6. The van der Waals surface area contributed by atoms with E-state index in [-0.39, 0.29) is 16.4 Å². The van der Waals surface area contributed by atoms with Crippen molar-refractivity contribution >= 4 is 65.0 Å². The topological polar surface area (TPSA) is 124 Å². The van der Waals surface area contributed by atoms with Gasteiger partial charge in [0.15, 0.2) is 10.7 Å². The summed E-state index contributed by atoms with van der Waals surface area (Å²) in [5.41, 5.74) is 0.926. The molecular formula is C20H14BrN3O5S2. The van der Waals surface area contributed by atoms with Crippen LogP contribution in [-0.4, -0.2) is 19.3 Å². The third kappa shape index (κ3) is 4.17. The number of rotatable bonds is 4. The fourth-order valence-corrected chi connectivity index (χ4v) is 4.86. The molecule has 4 aromatic rings. The first-order valence-corrected chi connectivity index (χ1v) is 12.0. The zero-order valence-electron chi connectivity index (χ0n) is 15.9. The Labute approximate surface area is 189 Å². The van der Waals surface area contributed by atoms with Gasteiger partial charge >= 0.3 is 5.63 Å². The minimum Gasteiger partial charge on any atom is -0.421 e. The lowest BCUT2D eigenvalue weighted by Crippen LogP contribution is -2.22. The van der Waals surface area contributed by atoms with Gasteiger partial charge in [-0.05, 0) is 52.3 Å². The standard InChI is InChI=1S/C20H14BrN3O5S2/c1-11(25)24(13-5-7-14(8-6-13)31(22,27)28)20-23-17(10-30-20)15-9-12-3-2-4-16(21)18(12)29-19(15)26/h2-10H,1H3,(H2,22,27,28). The molecule has 2 aromatic carbocycles. The number of hydrogen-bond acceptors (Lipinski definition) is 7. The van der Waals surface area contributed by atoms with Crippen LogP contribution in [0.15, 0.2) is 72.5 Å². The number of sulfonamides is 1. The Balaban J connectivity index is 1.76. The number of hydrogen-bond donors (Lipinski definition) is 1. The maximum Gasteiger partial charge on any atom is 0.345 e. The summed E-state index contributed by atoms with van der Waals surface area (Å²) < 4.78 is 29.0. The third-order valence-corrected chi connectivity index (χ3v) is 6.79. The summed E-state index contributed by atoms with van der Waals surface area (Å²) in [6.45, 7) is 1.36. The van der Waals surface area contributed by atoms with E-state index in [1.807, 2.05) is 12.1 Å². The first kappa shape index (κ1) is 21.4. The number of nitrogens with zero attached hydrogens (tertiary/aromatic N) is 2. The highest BCUT2D eigenvalue weighted by Gasteiger charge is 2.21. The fraction of sp³-hybridized carbons (Fsp3) is 0.0500. The second-order valence-corrected chi connectivity index (χ2v) is 9.77. The Hall–Kier alpha value is -2.86. The van der Waals surface area contributed by atoms with Gasteiger partial charge in [0, 0.05) is 17.7 Å². The maximum absolute atomic E-state index is 12.5. The van der Waals surface area contributed by atoms with Crippen LogP contribution in [0.3, 0.4) is 0 Å². The molecule has 0 unspecified atom stereocenters. The Bertz CT molecular complexity index is 1480. The van der Waals surface area contributed by atoms with Crippen LogP contribution in [0, 0.1) is 0 Å². The molecule has 31 heavy (non-hydrogen) atoms. The van der Waals surface area contributed by atoms with E-state index in [2.05, 4.69) is 20.9 Å². The molecule has 0 bridgehead atoms. The van der Waals surface area contributed by atoms with E-state index in [1.165, 1.54) is 36.1 Å². The van der Waals surface area contributed by atoms with Crippen molar-refractivity contribution in [3.8, 4) is 11.3 Å². The molecule has 1 amide bonds. The van der Waals surface area contributed by atoms with Gasteiger partial charge in [-0.2, -0.15) is 0 Å². The largest absolute Gasteiger partial charge is 0.421 e. The van der Waals surface area contributed by atoms with Crippen LogP contribution in [0.4, 0.5) is 10.8 Å². The van der Waals surface area contributed by atoms with E-state index in [0.717, 1.165) is 16.7 Å². The number of para-hydroxylation sites is 1. The van der Waals surface area contributed by atoms with Crippen molar-refractivity contribution in [1.29, 1.82) is 0 Å². The Morgan fingerprint density at radius 1 is 1.19 bits per heavy atom. The average molecular weight is 520 g/mol. The smallest absolute Gasteiger partial charge is 0.345 e. The lowest BCUT2D eigenvalue weighted by molar-refractivity contribution is -0.115. The minimum atomic E-state index is -3.85. The maximum atomic E-state index is 12.5. The average Bonchev–Trinajstić information content (AvgIpc) is 3.17. The van der Waals surface area contributed by atoms with Gasteiger partial charge < -0.3 is 4.42 Å². The van der Waals surface area contributed by atoms with Gasteiger partial charge in [0.05, 0.1) is 26.3 Å². The molecular weight excluding hydrogens is 506 g/mol. The number of anilines is 2. The van der Waals surface area contributed by atoms with Crippen molar-refractivity contribution < 1.29 is 17.6 Å². The van der Waals surface area contributed by atoms with E-state index in [4.69, 9.17) is 9.56 Å². The van der Waals surface area contributed by atoms with Gasteiger partial charge in [0.1, 0.15) is 0 Å². The van der Waals surface area contributed by atoms with Gasteiger partial charge in [-0.3, -0.25) is 9.69 Å². The molecule has 0 saturated heterocycles. The van der Waals surface area contributed by atoms with Gasteiger partial charge in [-0.1, -0.05) is 12.1 Å². The molecule has 0 aliphatic heterocycles. The lowest BCUT2D eigenvalue weighted by Gasteiger charge is -2.18. The Morgan fingerprint density at radius 2 is 1.90 bits per heavy atom. The number of aromatic nitrogens is 1. The van der Waals surface area contributed by atoms with Crippen LogP contribution in [-0.2, 0) is 14.8 Å². The van der Waals surface area contributed by atoms with E-state index < -0.39 is 15.6 Å². The van der Waals surface area contributed by atoms with Crippen molar-refractivity contribution in [2.75, 3.05) is 4.90 Å². The minimum absolute atomic E-state index is 0.0699. The van der Waals surface area contributed by atoms with E-state index in [0.29, 0.717) is 26.6 Å². The van der Waals surface area contributed by atoms with Crippen LogP contribution in [0.1, 0.15) is 6.92 Å². The van der Waals surface area contributed by atoms with Crippen LogP contribution >= 0.6 is 27.3 Å². The van der Waals surface area contributed by atoms with Gasteiger partial charge in [-0.25, -0.2) is 23.3 Å². The summed E-state index contributed by atoms with van der Waals surface area (Å²) in [7, 11) is -3.85. The highest BCUT2D eigenvalue weighted by molar-refractivity contribution is 9.10. The molecule has 2 heterocycles. The third-order valence-electron chi connectivity index (χ3n) is 4.41. The van der Waals surface area contributed by atoms with E-state index in [1.54, 1.807) is 17.5 Å². The van der Waals surface area contributed by atoms with Gasteiger partial charge in [0.2, 0.25) is 15.9 Å². The first-order chi connectivity index (χ1) is 14.6. The second kappa shape index (κ2) is 8.00. The molecule has 0 aliphatic carbocycles.